The van der Waals surface area contributed by atoms with Crippen molar-refractivity contribution < 1.29 is 0 Å². The third-order valence-electron chi connectivity index (χ3n) is 3.01. The Morgan fingerprint density at radius 1 is 1.35 bits per heavy atom. The van der Waals surface area contributed by atoms with E-state index in [1.807, 2.05) is 6.07 Å². The lowest BCUT2D eigenvalue weighted by molar-refractivity contribution is 0.563. The zero-order valence-corrected chi connectivity index (χ0v) is 9.80. The largest absolute Gasteiger partial charge is 0.370 e. The molecule has 2 heterocycles. The second kappa shape index (κ2) is 5.48. The van der Waals surface area contributed by atoms with Gasteiger partial charge in [-0.15, -0.1) is 0 Å². The van der Waals surface area contributed by atoms with Gasteiger partial charge in [0, 0.05) is 19.2 Å². The van der Waals surface area contributed by atoms with Crippen molar-refractivity contribution in [2.75, 3.05) is 18.0 Å². The fraction of sp³-hybridized carbons (Fsp3) is 0.583. The molecule has 0 bridgehead atoms. The highest BCUT2D eigenvalue weighted by atomic mass is 16.1. The molecule has 0 saturated carbocycles. The molecule has 1 saturated heterocycles. The molecule has 1 aromatic rings. The maximum atomic E-state index is 11.8. The van der Waals surface area contributed by atoms with Gasteiger partial charge in [0.2, 0.25) is 0 Å². The molecule has 1 fully saturated rings. The lowest BCUT2D eigenvalue weighted by atomic mass is 10.1. The van der Waals surface area contributed by atoms with Crippen LogP contribution in [-0.2, 0) is 6.54 Å². The second-order valence-corrected chi connectivity index (χ2v) is 4.23. The highest BCUT2D eigenvalue weighted by Gasteiger charge is 2.12. The first-order chi connectivity index (χ1) is 8.31. The van der Waals surface area contributed by atoms with Gasteiger partial charge in [-0.2, -0.15) is 10.4 Å². The zero-order valence-electron chi connectivity index (χ0n) is 9.80. The Labute approximate surface area is 100 Å². The number of anilines is 1. The highest BCUT2D eigenvalue weighted by molar-refractivity contribution is 5.43. The summed E-state index contributed by atoms with van der Waals surface area (Å²) in [6, 6.07) is 3.63. The van der Waals surface area contributed by atoms with E-state index in [1.165, 1.54) is 23.9 Å². The third kappa shape index (κ3) is 2.84. The van der Waals surface area contributed by atoms with Crippen molar-refractivity contribution in [2.45, 2.75) is 32.2 Å². The van der Waals surface area contributed by atoms with Gasteiger partial charge in [0.15, 0.2) is 0 Å². The minimum absolute atomic E-state index is 0.122. The standard InChI is InChI=1S/C12H16N4O/c13-5-4-8-16-12(17)9-11(10-14-16)15-6-2-1-3-7-15/h9-10H,1-4,6-8H2. The van der Waals surface area contributed by atoms with Crippen LogP contribution < -0.4 is 10.5 Å². The Balaban J connectivity index is 2.13. The maximum Gasteiger partial charge on any atom is 0.268 e. The first-order valence-electron chi connectivity index (χ1n) is 6.00. The smallest absolute Gasteiger partial charge is 0.268 e. The zero-order chi connectivity index (χ0) is 12.1. The molecule has 0 aromatic carbocycles. The SMILES string of the molecule is N#CCCn1ncc(N2CCCCC2)cc1=O. The molecule has 2 rings (SSSR count). The summed E-state index contributed by atoms with van der Waals surface area (Å²) in [4.78, 5) is 14.0. The summed E-state index contributed by atoms with van der Waals surface area (Å²) in [6.07, 6.45) is 5.66. The molecule has 0 radical (unpaired) electrons. The van der Waals surface area contributed by atoms with Crippen LogP contribution in [0.3, 0.4) is 0 Å². The van der Waals surface area contributed by atoms with Crippen molar-refractivity contribution in [1.82, 2.24) is 9.78 Å². The van der Waals surface area contributed by atoms with Crippen molar-refractivity contribution in [3.05, 3.63) is 22.6 Å². The number of hydrogen-bond acceptors (Lipinski definition) is 4. The minimum atomic E-state index is -0.122. The van der Waals surface area contributed by atoms with Crippen LogP contribution >= 0.6 is 0 Å². The molecule has 0 spiro atoms. The van der Waals surface area contributed by atoms with E-state index in [0.717, 1.165) is 18.8 Å². The van der Waals surface area contributed by atoms with Crippen molar-refractivity contribution in [1.29, 1.82) is 5.26 Å². The Kier molecular flexibility index (Phi) is 3.76. The predicted molar refractivity (Wildman–Crippen MR) is 64.8 cm³/mol. The first-order valence-corrected chi connectivity index (χ1v) is 6.00. The summed E-state index contributed by atoms with van der Waals surface area (Å²) < 4.78 is 1.34. The van der Waals surface area contributed by atoms with Gasteiger partial charge in [-0.1, -0.05) is 0 Å². The summed E-state index contributed by atoms with van der Waals surface area (Å²) in [5.41, 5.74) is 0.784. The summed E-state index contributed by atoms with van der Waals surface area (Å²) in [7, 11) is 0. The fourth-order valence-electron chi connectivity index (χ4n) is 2.07. The number of hydrogen-bond donors (Lipinski definition) is 0. The van der Waals surface area contributed by atoms with Gasteiger partial charge in [-0.3, -0.25) is 4.79 Å². The Morgan fingerprint density at radius 2 is 2.12 bits per heavy atom. The number of nitrogens with zero attached hydrogens (tertiary/aromatic N) is 4. The van der Waals surface area contributed by atoms with Gasteiger partial charge in [-0.25, -0.2) is 4.68 Å². The molecule has 0 atom stereocenters. The minimum Gasteiger partial charge on any atom is -0.370 e. The fourth-order valence-corrected chi connectivity index (χ4v) is 2.07. The van der Waals surface area contributed by atoms with Crippen LogP contribution in [0.2, 0.25) is 0 Å². The Bertz CT molecular complexity index is 468. The number of rotatable bonds is 3. The molecular formula is C12H16N4O. The topological polar surface area (TPSA) is 61.9 Å². The normalized spacial score (nSPS) is 15.6. The van der Waals surface area contributed by atoms with Crippen LogP contribution in [0.15, 0.2) is 17.1 Å². The number of aromatic nitrogens is 2. The van der Waals surface area contributed by atoms with E-state index in [-0.39, 0.29) is 5.56 Å². The summed E-state index contributed by atoms with van der Waals surface area (Å²) >= 11 is 0. The molecule has 90 valence electrons. The van der Waals surface area contributed by atoms with Gasteiger partial charge in [0.25, 0.3) is 5.56 Å². The second-order valence-electron chi connectivity index (χ2n) is 4.23. The molecule has 0 aliphatic carbocycles. The Hall–Kier alpha value is -1.83. The van der Waals surface area contributed by atoms with Gasteiger partial charge >= 0.3 is 0 Å². The van der Waals surface area contributed by atoms with Crippen LogP contribution in [0, 0.1) is 11.3 Å². The van der Waals surface area contributed by atoms with Crippen molar-refractivity contribution in [2.24, 2.45) is 0 Å². The summed E-state index contributed by atoms with van der Waals surface area (Å²) in [6.45, 7) is 2.38. The van der Waals surface area contributed by atoms with Gasteiger partial charge in [-0.05, 0) is 19.3 Å². The Morgan fingerprint density at radius 3 is 2.76 bits per heavy atom. The van der Waals surface area contributed by atoms with Crippen molar-refractivity contribution >= 4 is 5.69 Å². The molecule has 1 aliphatic rings. The van der Waals surface area contributed by atoms with Gasteiger partial charge in [0.05, 0.1) is 30.9 Å². The molecule has 5 nitrogen and oxygen atoms in total. The third-order valence-corrected chi connectivity index (χ3v) is 3.01. The maximum absolute atomic E-state index is 11.8. The van der Waals surface area contributed by atoms with Crippen LogP contribution in [0.5, 0.6) is 0 Å². The van der Waals surface area contributed by atoms with Gasteiger partial charge in [0.1, 0.15) is 0 Å². The van der Waals surface area contributed by atoms with E-state index in [0.29, 0.717) is 13.0 Å². The monoisotopic (exact) mass is 232 g/mol. The average molecular weight is 232 g/mol. The molecular weight excluding hydrogens is 216 g/mol. The van der Waals surface area contributed by atoms with E-state index in [2.05, 4.69) is 10.00 Å². The quantitative estimate of drug-likeness (QED) is 0.784. The summed E-state index contributed by atoms with van der Waals surface area (Å²) in [5.74, 6) is 0. The summed E-state index contributed by atoms with van der Waals surface area (Å²) in [5, 5.41) is 12.6. The van der Waals surface area contributed by atoms with E-state index < -0.39 is 0 Å². The van der Waals surface area contributed by atoms with Crippen LogP contribution in [0.4, 0.5) is 5.69 Å². The molecule has 17 heavy (non-hydrogen) atoms. The number of aryl methyl sites for hydroxylation is 1. The van der Waals surface area contributed by atoms with Crippen LogP contribution in [0.25, 0.3) is 0 Å². The molecule has 0 amide bonds. The molecule has 1 aromatic heterocycles. The van der Waals surface area contributed by atoms with E-state index in [9.17, 15) is 4.79 Å². The molecule has 0 unspecified atom stereocenters. The van der Waals surface area contributed by atoms with Crippen LogP contribution in [-0.4, -0.2) is 22.9 Å². The van der Waals surface area contributed by atoms with E-state index in [4.69, 9.17) is 5.26 Å². The first kappa shape index (κ1) is 11.6. The molecule has 5 heteroatoms. The molecule has 1 aliphatic heterocycles. The predicted octanol–water partition coefficient (Wildman–Crippen LogP) is 1.15. The highest BCUT2D eigenvalue weighted by Crippen LogP contribution is 2.16. The van der Waals surface area contributed by atoms with E-state index >= 15 is 0 Å². The molecule has 0 N–H and O–H groups in total. The van der Waals surface area contributed by atoms with Crippen molar-refractivity contribution in [3.8, 4) is 6.07 Å². The van der Waals surface area contributed by atoms with Gasteiger partial charge < -0.3 is 4.90 Å². The number of nitriles is 1. The lowest BCUT2D eigenvalue weighted by Crippen LogP contribution is -2.32. The van der Waals surface area contributed by atoms with E-state index in [1.54, 1.807) is 12.3 Å². The number of piperidine rings is 1. The van der Waals surface area contributed by atoms with Crippen LogP contribution in [0.1, 0.15) is 25.7 Å². The van der Waals surface area contributed by atoms with Crippen molar-refractivity contribution in [3.63, 3.8) is 0 Å². The lowest BCUT2D eigenvalue weighted by Gasteiger charge is -2.28. The average Bonchev–Trinajstić information content (AvgIpc) is 2.38.